The Morgan fingerprint density at radius 3 is 2.65 bits per heavy atom. The normalized spacial score (nSPS) is 11.3. The van der Waals surface area contributed by atoms with Crippen LogP contribution in [0, 0.1) is 0 Å². The van der Waals surface area contributed by atoms with Crippen molar-refractivity contribution in [1.29, 1.82) is 0 Å². The molecule has 0 aliphatic carbocycles. The fourth-order valence-corrected chi connectivity index (χ4v) is 2.70. The van der Waals surface area contributed by atoms with Crippen molar-refractivity contribution in [3.63, 3.8) is 0 Å². The quantitative estimate of drug-likeness (QED) is 0.840. The Balaban J connectivity index is 2.78. The molecule has 0 aliphatic heterocycles. The highest BCUT2D eigenvalue weighted by Crippen LogP contribution is 2.33. The summed E-state index contributed by atoms with van der Waals surface area (Å²) in [7, 11) is 0. The molecule has 1 amide bonds. The standard InChI is InChI=1S/C13H19BrN2O/c1-9(17)16-7-6-13(2,3)11-5-4-10(15)8-12(11)14/h4-5,8H,6-7,15H2,1-3H3,(H,16,17). The number of nitrogen functional groups attached to an aromatic ring is 1. The van der Waals surface area contributed by atoms with Crippen molar-refractivity contribution in [3.8, 4) is 0 Å². The summed E-state index contributed by atoms with van der Waals surface area (Å²) in [6.07, 6.45) is 0.884. The van der Waals surface area contributed by atoms with Crippen molar-refractivity contribution in [2.75, 3.05) is 12.3 Å². The van der Waals surface area contributed by atoms with Gasteiger partial charge in [0.1, 0.15) is 0 Å². The zero-order valence-corrected chi connectivity index (χ0v) is 12.1. The molecule has 17 heavy (non-hydrogen) atoms. The third-order valence-electron chi connectivity index (χ3n) is 2.85. The molecule has 0 aliphatic rings. The van der Waals surface area contributed by atoms with Crippen LogP contribution in [0.4, 0.5) is 5.69 Å². The zero-order valence-electron chi connectivity index (χ0n) is 10.5. The molecular weight excluding hydrogens is 280 g/mol. The smallest absolute Gasteiger partial charge is 0.216 e. The second-order valence-corrected chi connectivity index (χ2v) is 5.71. The van der Waals surface area contributed by atoms with Gasteiger partial charge in [-0.25, -0.2) is 0 Å². The van der Waals surface area contributed by atoms with Crippen molar-refractivity contribution in [2.24, 2.45) is 0 Å². The Morgan fingerprint density at radius 1 is 1.47 bits per heavy atom. The number of rotatable bonds is 4. The van der Waals surface area contributed by atoms with Crippen LogP contribution < -0.4 is 11.1 Å². The first-order valence-corrected chi connectivity index (χ1v) is 6.42. The monoisotopic (exact) mass is 298 g/mol. The van der Waals surface area contributed by atoms with Crippen LogP contribution in [-0.2, 0) is 10.2 Å². The third kappa shape index (κ3) is 4.04. The highest BCUT2D eigenvalue weighted by Gasteiger charge is 2.22. The van der Waals surface area contributed by atoms with Gasteiger partial charge in [-0.15, -0.1) is 0 Å². The van der Waals surface area contributed by atoms with Crippen molar-refractivity contribution in [3.05, 3.63) is 28.2 Å². The fourth-order valence-electron chi connectivity index (χ4n) is 1.77. The molecule has 94 valence electrons. The Labute approximate surface area is 111 Å². The molecule has 0 heterocycles. The van der Waals surface area contributed by atoms with E-state index < -0.39 is 0 Å². The van der Waals surface area contributed by atoms with Crippen LogP contribution in [0.1, 0.15) is 32.8 Å². The summed E-state index contributed by atoms with van der Waals surface area (Å²) in [6, 6.07) is 5.85. The van der Waals surface area contributed by atoms with Crippen molar-refractivity contribution >= 4 is 27.5 Å². The average molecular weight is 299 g/mol. The number of amides is 1. The van der Waals surface area contributed by atoms with Crippen LogP contribution in [0.5, 0.6) is 0 Å². The topological polar surface area (TPSA) is 55.1 Å². The lowest BCUT2D eigenvalue weighted by molar-refractivity contribution is -0.119. The molecule has 1 rings (SSSR count). The van der Waals surface area contributed by atoms with E-state index in [2.05, 4.69) is 35.1 Å². The van der Waals surface area contributed by atoms with Gasteiger partial charge in [0.25, 0.3) is 0 Å². The minimum absolute atomic E-state index is 0.00498. The molecule has 0 saturated carbocycles. The lowest BCUT2D eigenvalue weighted by Crippen LogP contribution is -2.28. The molecule has 3 nitrogen and oxygen atoms in total. The number of carbonyl (C=O) groups is 1. The van der Waals surface area contributed by atoms with Crippen LogP contribution in [0.25, 0.3) is 0 Å². The number of halogens is 1. The largest absolute Gasteiger partial charge is 0.399 e. The van der Waals surface area contributed by atoms with Gasteiger partial charge in [0.05, 0.1) is 0 Å². The first-order chi connectivity index (χ1) is 7.83. The van der Waals surface area contributed by atoms with Crippen molar-refractivity contribution < 1.29 is 4.79 Å². The molecule has 0 unspecified atom stereocenters. The minimum atomic E-state index is -0.00498. The molecule has 1 aromatic carbocycles. The second kappa shape index (κ2) is 5.54. The summed E-state index contributed by atoms with van der Waals surface area (Å²) in [5.74, 6) is 0.0113. The number of hydrogen-bond donors (Lipinski definition) is 2. The summed E-state index contributed by atoms with van der Waals surface area (Å²) in [4.78, 5) is 10.8. The van der Waals surface area contributed by atoms with E-state index in [1.54, 1.807) is 0 Å². The number of hydrogen-bond acceptors (Lipinski definition) is 2. The first kappa shape index (κ1) is 14.0. The van der Waals surface area contributed by atoms with Crippen LogP contribution in [0.15, 0.2) is 22.7 Å². The lowest BCUT2D eigenvalue weighted by Gasteiger charge is -2.26. The Bertz CT molecular complexity index is 416. The molecule has 3 N–H and O–H groups in total. The number of anilines is 1. The van der Waals surface area contributed by atoms with Crippen LogP contribution in [0.2, 0.25) is 0 Å². The summed E-state index contributed by atoms with van der Waals surface area (Å²) >= 11 is 3.54. The number of nitrogens with one attached hydrogen (secondary N) is 1. The van der Waals surface area contributed by atoms with Crippen LogP contribution in [0.3, 0.4) is 0 Å². The van der Waals surface area contributed by atoms with Crippen LogP contribution in [-0.4, -0.2) is 12.5 Å². The summed E-state index contributed by atoms with van der Waals surface area (Å²) < 4.78 is 1.02. The van der Waals surface area contributed by atoms with Gasteiger partial charge in [0.15, 0.2) is 0 Å². The van der Waals surface area contributed by atoms with Gasteiger partial charge in [0, 0.05) is 23.6 Å². The van der Waals surface area contributed by atoms with Crippen LogP contribution >= 0.6 is 15.9 Å². The third-order valence-corrected chi connectivity index (χ3v) is 3.50. The Morgan fingerprint density at radius 2 is 2.12 bits per heavy atom. The summed E-state index contributed by atoms with van der Waals surface area (Å²) in [5, 5.41) is 2.82. The van der Waals surface area contributed by atoms with Gasteiger partial charge >= 0.3 is 0 Å². The van der Waals surface area contributed by atoms with E-state index in [0.717, 1.165) is 16.6 Å². The summed E-state index contributed by atoms with van der Waals surface area (Å²) in [6.45, 7) is 6.53. The van der Waals surface area contributed by atoms with Crippen molar-refractivity contribution in [1.82, 2.24) is 5.32 Å². The molecule has 0 radical (unpaired) electrons. The maximum atomic E-state index is 10.8. The molecule has 0 saturated heterocycles. The predicted molar refractivity (Wildman–Crippen MR) is 74.9 cm³/mol. The minimum Gasteiger partial charge on any atom is -0.399 e. The molecule has 4 heteroatoms. The Kier molecular flexibility index (Phi) is 4.57. The maximum absolute atomic E-state index is 10.8. The van der Waals surface area contributed by atoms with E-state index in [0.29, 0.717) is 6.54 Å². The molecule has 0 spiro atoms. The second-order valence-electron chi connectivity index (χ2n) is 4.86. The molecule has 0 atom stereocenters. The fraction of sp³-hybridized carbons (Fsp3) is 0.462. The van der Waals surface area contributed by atoms with Gasteiger partial charge in [-0.2, -0.15) is 0 Å². The SMILES string of the molecule is CC(=O)NCCC(C)(C)c1ccc(N)cc1Br. The summed E-state index contributed by atoms with van der Waals surface area (Å²) in [5.41, 5.74) is 7.67. The van der Waals surface area contributed by atoms with E-state index in [-0.39, 0.29) is 11.3 Å². The first-order valence-electron chi connectivity index (χ1n) is 5.63. The Hall–Kier alpha value is -1.03. The van der Waals surface area contributed by atoms with E-state index in [1.165, 1.54) is 12.5 Å². The average Bonchev–Trinajstić information content (AvgIpc) is 2.15. The van der Waals surface area contributed by atoms with E-state index in [1.807, 2.05) is 18.2 Å². The van der Waals surface area contributed by atoms with Gasteiger partial charge < -0.3 is 11.1 Å². The number of carbonyl (C=O) groups excluding carboxylic acids is 1. The number of nitrogens with two attached hydrogens (primary N) is 1. The molecular formula is C13H19BrN2O. The van der Waals surface area contributed by atoms with Crippen molar-refractivity contribution in [2.45, 2.75) is 32.6 Å². The van der Waals surface area contributed by atoms with E-state index in [4.69, 9.17) is 5.73 Å². The van der Waals surface area contributed by atoms with Gasteiger partial charge in [0.2, 0.25) is 5.91 Å². The predicted octanol–water partition coefficient (Wildman–Crippen LogP) is 2.84. The van der Waals surface area contributed by atoms with E-state index >= 15 is 0 Å². The highest BCUT2D eigenvalue weighted by atomic mass is 79.9. The van der Waals surface area contributed by atoms with Gasteiger partial charge in [-0.3, -0.25) is 4.79 Å². The van der Waals surface area contributed by atoms with Gasteiger partial charge in [-0.1, -0.05) is 35.8 Å². The molecule has 0 fully saturated rings. The highest BCUT2D eigenvalue weighted by molar-refractivity contribution is 9.10. The van der Waals surface area contributed by atoms with Gasteiger partial charge in [-0.05, 0) is 29.5 Å². The molecule has 0 aromatic heterocycles. The molecule has 0 bridgehead atoms. The molecule has 1 aromatic rings. The van der Waals surface area contributed by atoms with E-state index in [9.17, 15) is 4.79 Å². The maximum Gasteiger partial charge on any atom is 0.216 e. The lowest BCUT2D eigenvalue weighted by atomic mass is 9.81. The zero-order chi connectivity index (χ0) is 13.1. The number of benzene rings is 1.